The molecule has 1 N–H and O–H groups in total. The van der Waals surface area contributed by atoms with Crippen LogP contribution in [0.5, 0.6) is 0 Å². The summed E-state index contributed by atoms with van der Waals surface area (Å²) in [6, 6.07) is 0. The van der Waals surface area contributed by atoms with Gasteiger partial charge >= 0.3 is 0 Å². The summed E-state index contributed by atoms with van der Waals surface area (Å²) >= 11 is 0. The van der Waals surface area contributed by atoms with Crippen molar-refractivity contribution in [3.05, 3.63) is 0 Å². The molecule has 6 nitrogen and oxygen atoms in total. The van der Waals surface area contributed by atoms with Crippen molar-refractivity contribution in [1.82, 2.24) is 5.32 Å². The monoisotopic (exact) mass is 347 g/mol. The second-order valence-corrected chi connectivity index (χ2v) is 6.13. The average molecular weight is 347 g/mol. The van der Waals surface area contributed by atoms with E-state index in [1.54, 1.807) is 0 Å². The molecule has 0 aliphatic carbocycles. The molecule has 0 fully saturated rings. The molecule has 0 saturated heterocycles. The Labute approximate surface area is 147 Å². The van der Waals surface area contributed by atoms with Crippen molar-refractivity contribution in [1.29, 1.82) is 0 Å². The van der Waals surface area contributed by atoms with Crippen LogP contribution in [0.4, 0.5) is 0 Å². The molecule has 6 heteroatoms. The van der Waals surface area contributed by atoms with Gasteiger partial charge in [-0.2, -0.15) is 0 Å². The smallest absolute Gasteiger partial charge is 0.245 e. The van der Waals surface area contributed by atoms with Crippen LogP contribution in [0.25, 0.3) is 0 Å². The van der Waals surface area contributed by atoms with Gasteiger partial charge < -0.3 is 24.3 Å². The van der Waals surface area contributed by atoms with E-state index in [2.05, 4.69) is 26.1 Å². The number of rotatable bonds is 18. The molecule has 1 amide bonds. The highest BCUT2D eigenvalue weighted by atomic mass is 16.6. The molecule has 0 aromatic rings. The van der Waals surface area contributed by atoms with Crippen LogP contribution in [0.2, 0.25) is 0 Å². The van der Waals surface area contributed by atoms with Crippen LogP contribution in [0.3, 0.4) is 0 Å². The predicted octanol–water partition coefficient (Wildman–Crippen LogP) is 2.41. The molecule has 0 aliphatic heterocycles. The van der Waals surface area contributed by atoms with Crippen molar-refractivity contribution in [2.24, 2.45) is 5.92 Å². The maximum absolute atomic E-state index is 11.5. The molecule has 0 bridgehead atoms. The number of unbranched alkanes of at least 4 members (excludes halogenated alkanes) is 1. The Hall–Kier alpha value is -0.690. The highest BCUT2D eigenvalue weighted by Crippen LogP contribution is 2.01. The van der Waals surface area contributed by atoms with Crippen LogP contribution in [0.15, 0.2) is 0 Å². The third kappa shape index (κ3) is 19.4. The summed E-state index contributed by atoms with van der Waals surface area (Å²) in [4.78, 5) is 11.5. The zero-order valence-electron chi connectivity index (χ0n) is 15.8. The first-order chi connectivity index (χ1) is 11.7. The highest BCUT2D eigenvalue weighted by Gasteiger charge is 2.01. The molecule has 24 heavy (non-hydrogen) atoms. The van der Waals surface area contributed by atoms with Crippen LogP contribution >= 0.6 is 0 Å². The van der Waals surface area contributed by atoms with E-state index in [4.69, 9.17) is 18.9 Å². The van der Waals surface area contributed by atoms with Gasteiger partial charge in [0.1, 0.15) is 6.61 Å². The van der Waals surface area contributed by atoms with Gasteiger partial charge in [0, 0.05) is 13.2 Å². The lowest BCUT2D eigenvalue weighted by molar-refractivity contribution is -0.126. The lowest BCUT2D eigenvalue weighted by Gasteiger charge is -2.08. The summed E-state index contributed by atoms with van der Waals surface area (Å²) in [5.41, 5.74) is 0. The predicted molar refractivity (Wildman–Crippen MR) is 95.3 cm³/mol. The number of hydrogen-bond donors (Lipinski definition) is 1. The molecule has 0 aromatic heterocycles. The second kappa shape index (κ2) is 18.6. The molecule has 0 saturated carbocycles. The first-order valence-corrected chi connectivity index (χ1v) is 9.24. The topological polar surface area (TPSA) is 66.0 Å². The summed E-state index contributed by atoms with van der Waals surface area (Å²) in [7, 11) is 0. The maximum atomic E-state index is 11.5. The Balaban J connectivity index is 3.12. The lowest BCUT2D eigenvalue weighted by Crippen LogP contribution is -2.29. The van der Waals surface area contributed by atoms with E-state index in [1.807, 2.05) is 0 Å². The Morgan fingerprint density at radius 3 is 1.92 bits per heavy atom. The fourth-order valence-corrected chi connectivity index (χ4v) is 1.86. The van der Waals surface area contributed by atoms with Crippen LogP contribution in [-0.2, 0) is 23.7 Å². The van der Waals surface area contributed by atoms with E-state index in [0.29, 0.717) is 45.6 Å². The van der Waals surface area contributed by atoms with E-state index in [9.17, 15) is 4.79 Å². The van der Waals surface area contributed by atoms with Gasteiger partial charge in [0.15, 0.2) is 0 Å². The first-order valence-electron chi connectivity index (χ1n) is 9.24. The normalized spacial score (nSPS) is 11.2. The highest BCUT2D eigenvalue weighted by molar-refractivity contribution is 5.77. The standard InChI is InChI=1S/C18H37NO5/c1-4-5-9-21-10-11-22-12-13-23-14-15-24-16-18(20)19-8-6-7-17(2)3/h17H,4-16H2,1-3H3,(H,19,20). The molecule has 0 radical (unpaired) electrons. The van der Waals surface area contributed by atoms with Gasteiger partial charge in [0.2, 0.25) is 5.91 Å². The van der Waals surface area contributed by atoms with Crippen LogP contribution in [0.1, 0.15) is 46.5 Å². The Bertz CT molecular complexity index is 274. The molecule has 0 aliphatic rings. The van der Waals surface area contributed by atoms with E-state index in [-0.39, 0.29) is 12.5 Å². The van der Waals surface area contributed by atoms with Gasteiger partial charge in [-0.25, -0.2) is 0 Å². The second-order valence-electron chi connectivity index (χ2n) is 6.13. The minimum atomic E-state index is -0.0647. The molecule has 0 rings (SSSR count). The molecule has 0 unspecified atom stereocenters. The summed E-state index contributed by atoms with van der Waals surface area (Å²) in [6.45, 7) is 11.3. The minimum Gasteiger partial charge on any atom is -0.379 e. The van der Waals surface area contributed by atoms with Crippen LogP contribution in [0, 0.1) is 5.92 Å². The molecule has 0 aromatic carbocycles. The Morgan fingerprint density at radius 2 is 1.38 bits per heavy atom. The van der Waals surface area contributed by atoms with Crippen LogP contribution < -0.4 is 5.32 Å². The molecular weight excluding hydrogens is 310 g/mol. The largest absolute Gasteiger partial charge is 0.379 e. The van der Waals surface area contributed by atoms with Crippen molar-refractivity contribution < 1.29 is 23.7 Å². The number of ether oxygens (including phenoxy) is 4. The number of carbonyl (C=O) groups is 1. The summed E-state index contributed by atoms with van der Waals surface area (Å²) in [5, 5.41) is 2.84. The first kappa shape index (κ1) is 23.3. The van der Waals surface area contributed by atoms with Gasteiger partial charge in [-0.3, -0.25) is 4.79 Å². The zero-order chi connectivity index (χ0) is 17.9. The van der Waals surface area contributed by atoms with Gasteiger partial charge in [0.25, 0.3) is 0 Å². The van der Waals surface area contributed by atoms with Crippen LogP contribution in [-0.4, -0.2) is 65.3 Å². The van der Waals surface area contributed by atoms with Gasteiger partial charge in [0.05, 0.1) is 39.6 Å². The van der Waals surface area contributed by atoms with Gasteiger partial charge in [-0.05, 0) is 25.2 Å². The zero-order valence-corrected chi connectivity index (χ0v) is 15.8. The minimum absolute atomic E-state index is 0.0647. The van der Waals surface area contributed by atoms with Gasteiger partial charge in [-0.15, -0.1) is 0 Å². The molecule has 0 atom stereocenters. The van der Waals surface area contributed by atoms with E-state index >= 15 is 0 Å². The number of carbonyl (C=O) groups excluding carboxylic acids is 1. The van der Waals surface area contributed by atoms with E-state index in [1.165, 1.54) is 0 Å². The summed E-state index contributed by atoms with van der Waals surface area (Å²) in [6.07, 6.45) is 4.38. The van der Waals surface area contributed by atoms with Crippen molar-refractivity contribution in [2.45, 2.75) is 46.5 Å². The fraction of sp³-hybridized carbons (Fsp3) is 0.944. The van der Waals surface area contributed by atoms with Crippen molar-refractivity contribution >= 4 is 5.91 Å². The fourth-order valence-electron chi connectivity index (χ4n) is 1.86. The van der Waals surface area contributed by atoms with Crippen molar-refractivity contribution in [3.8, 4) is 0 Å². The van der Waals surface area contributed by atoms with Crippen molar-refractivity contribution in [2.75, 3.05) is 59.4 Å². The van der Waals surface area contributed by atoms with Gasteiger partial charge in [-0.1, -0.05) is 27.2 Å². The summed E-state index contributed by atoms with van der Waals surface area (Å²) in [5.74, 6) is 0.609. The molecule has 144 valence electrons. The molecule has 0 spiro atoms. The van der Waals surface area contributed by atoms with Crippen molar-refractivity contribution in [3.63, 3.8) is 0 Å². The average Bonchev–Trinajstić information content (AvgIpc) is 2.55. The Kier molecular flexibility index (Phi) is 18.1. The van der Waals surface area contributed by atoms with E-state index < -0.39 is 0 Å². The lowest BCUT2D eigenvalue weighted by atomic mass is 10.1. The SMILES string of the molecule is CCCCOCCOCCOCCOCC(=O)NCCCC(C)C. The number of hydrogen-bond acceptors (Lipinski definition) is 5. The maximum Gasteiger partial charge on any atom is 0.245 e. The third-order valence-corrected chi connectivity index (χ3v) is 3.27. The summed E-state index contributed by atoms with van der Waals surface area (Å²) < 4.78 is 21.4. The third-order valence-electron chi connectivity index (χ3n) is 3.27. The number of amides is 1. The molecule has 0 heterocycles. The Morgan fingerprint density at radius 1 is 0.833 bits per heavy atom. The quantitative estimate of drug-likeness (QED) is 0.386. The van der Waals surface area contributed by atoms with E-state index in [0.717, 1.165) is 38.8 Å². The number of nitrogens with one attached hydrogen (secondary N) is 1. The molecular formula is C18H37NO5.